The summed E-state index contributed by atoms with van der Waals surface area (Å²) in [6, 6.07) is 2.59. The Balaban J connectivity index is 2.30. The van der Waals surface area contributed by atoms with Gasteiger partial charge in [0.15, 0.2) is 0 Å². The Bertz CT molecular complexity index is 654. The van der Waals surface area contributed by atoms with Crippen molar-refractivity contribution in [3.8, 4) is 0 Å². The first kappa shape index (κ1) is 16.5. The number of nitrogens with one attached hydrogen (secondary N) is 1. The lowest BCUT2D eigenvalue weighted by molar-refractivity contribution is 0.0623. The Morgan fingerprint density at radius 1 is 1.43 bits per heavy atom. The van der Waals surface area contributed by atoms with E-state index in [4.69, 9.17) is 27.0 Å². The zero-order chi connectivity index (χ0) is 15.6. The summed E-state index contributed by atoms with van der Waals surface area (Å²) in [7, 11) is 1.40. The van der Waals surface area contributed by atoms with Crippen LogP contribution in [0.5, 0.6) is 0 Å². The minimum atomic E-state index is -3.96. The average molecular weight is 352 g/mol. The van der Waals surface area contributed by atoms with Gasteiger partial charge in [0.25, 0.3) is 15.0 Å². The molecule has 1 aliphatic rings. The molecule has 0 saturated carbocycles. The molecule has 1 aromatic carbocycles. The molecule has 5 nitrogen and oxygen atoms in total. The summed E-state index contributed by atoms with van der Waals surface area (Å²) >= 11 is 5.89. The molecule has 1 N–H and O–H groups in total. The smallest absolute Gasteiger partial charge is 0.261 e. The van der Waals surface area contributed by atoms with Crippen molar-refractivity contribution in [1.29, 1.82) is 0 Å². The average Bonchev–Trinajstić information content (AvgIpc) is 2.40. The zero-order valence-electron chi connectivity index (χ0n) is 11.4. The lowest BCUT2D eigenvalue weighted by Gasteiger charge is -2.23. The van der Waals surface area contributed by atoms with Crippen molar-refractivity contribution in [2.24, 2.45) is 0 Å². The Morgan fingerprint density at radius 2 is 2.14 bits per heavy atom. The third-order valence-corrected chi connectivity index (χ3v) is 4.99. The van der Waals surface area contributed by atoms with Crippen molar-refractivity contribution in [2.75, 3.05) is 13.2 Å². The summed E-state index contributed by atoms with van der Waals surface area (Å²) in [5.74, 6) is -0.382. The molecule has 1 atom stereocenters. The van der Waals surface area contributed by atoms with Crippen LogP contribution in [0.3, 0.4) is 0 Å². The summed E-state index contributed by atoms with van der Waals surface area (Å²) in [6.45, 7) is 2.67. The first-order chi connectivity index (χ1) is 9.79. The monoisotopic (exact) mass is 351 g/mol. The van der Waals surface area contributed by atoms with E-state index in [1.807, 2.05) is 0 Å². The molecule has 21 heavy (non-hydrogen) atoms. The largest absolute Gasteiger partial charge is 0.379 e. The van der Waals surface area contributed by atoms with Crippen LogP contribution in [0.15, 0.2) is 17.0 Å². The van der Waals surface area contributed by atoms with Gasteiger partial charge in [-0.05, 0) is 37.5 Å². The van der Waals surface area contributed by atoms with Gasteiger partial charge in [-0.3, -0.25) is 4.79 Å². The number of carbonyl (C=O) groups is 1. The molecule has 1 fully saturated rings. The fourth-order valence-electron chi connectivity index (χ4n) is 2.26. The Labute approximate surface area is 133 Å². The highest BCUT2D eigenvalue weighted by molar-refractivity contribution is 8.13. The number of amides is 1. The van der Waals surface area contributed by atoms with E-state index < -0.39 is 9.05 Å². The van der Waals surface area contributed by atoms with Gasteiger partial charge in [0.1, 0.15) is 0 Å². The number of ether oxygens (including phenoxy) is 1. The van der Waals surface area contributed by atoms with E-state index in [2.05, 4.69) is 5.32 Å². The molecule has 1 amide bonds. The van der Waals surface area contributed by atoms with Gasteiger partial charge in [0.05, 0.1) is 17.5 Å². The Hall–Kier alpha value is -0.820. The van der Waals surface area contributed by atoms with Gasteiger partial charge < -0.3 is 10.1 Å². The van der Waals surface area contributed by atoms with E-state index in [0.29, 0.717) is 13.2 Å². The highest BCUT2D eigenvalue weighted by Gasteiger charge is 2.23. The van der Waals surface area contributed by atoms with Crippen LogP contribution in [-0.4, -0.2) is 33.6 Å². The molecule has 116 valence electrons. The summed E-state index contributed by atoms with van der Waals surface area (Å²) in [4.78, 5) is 12.2. The molecule has 1 aromatic rings. The molecule has 2 rings (SSSR count). The second-order valence-corrected chi connectivity index (χ2v) is 7.87. The fraction of sp³-hybridized carbons (Fsp3) is 0.462. The molecule has 8 heteroatoms. The first-order valence-corrected chi connectivity index (χ1v) is 9.11. The normalized spacial score (nSPS) is 19.3. The van der Waals surface area contributed by atoms with Crippen molar-refractivity contribution in [2.45, 2.75) is 30.7 Å². The third kappa shape index (κ3) is 4.10. The lowest BCUT2D eigenvalue weighted by atomic mass is 10.1. The number of hydrogen-bond donors (Lipinski definition) is 1. The van der Waals surface area contributed by atoms with Crippen LogP contribution in [0.1, 0.15) is 28.8 Å². The molecule has 1 unspecified atom stereocenters. The number of hydrogen-bond acceptors (Lipinski definition) is 4. The van der Waals surface area contributed by atoms with E-state index >= 15 is 0 Å². The SMILES string of the molecule is Cc1c(C(=O)NC2CCCOC2)cc(Cl)cc1S(=O)(=O)Cl. The number of rotatable bonds is 3. The van der Waals surface area contributed by atoms with Crippen molar-refractivity contribution >= 4 is 37.2 Å². The second-order valence-electron chi connectivity index (χ2n) is 4.90. The molecular weight excluding hydrogens is 337 g/mol. The van der Waals surface area contributed by atoms with E-state index in [9.17, 15) is 13.2 Å². The molecular formula is C13H15Cl2NO4S. The number of halogens is 2. The van der Waals surface area contributed by atoms with Gasteiger partial charge in [0, 0.05) is 27.9 Å². The topological polar surface area (TPSA) is 72.5 Å². The molecule has 0 aromatic heterocycles. The van der Waals surface area contributed by atoms with Crippen LogP contribution in [0.4, 0.5) is 0 Å². The molecule has 0 spiro atoms. The Kier molecular flexibility index (Phi) is 5.14. The summed E-state index contributed by atoms with van der Waals surface area (Å²) in [5, 5.41) is 2.96. The summed E-state index contributed by atoms with van der Waals surface area (Å²) in [5.41, 5.74) is 0.482. The van der Waals surface area contributed by atoms with Crippen molar-refractivity contribution < 1.29 is 17.9 Å². The molecule has 0 aliphatic carbocycles. The summed E-state index contributed by atoms with van der Waals surface area (Å²) < 4.78 is 28.3. The van der Waals surface area contributed by atoms with Gasteiger partial charge in [-0.15, -0.1) is 0 Å². The van der Waals surface area contributed by atoms with Gasteiger partial charge >= 0.3 is 0 Å². The summed E-state index contributed by atoms with van der Waals surface area (Å²) in [6.07, 6.45) is 1.70. The molecule has 0 bridgehead atoms. The van der Waals surface area contributed by atoms with Crippen LogP contribution < -0.4 is 5.32 Å². The molecule has 1 aliphatic heterocycles. The van der Waals surface area contributed by atoms with Crippen LogP contribution in [0.25, 0.3) is 0 Å². The van der Waals surface area contributed by atoms with Crippen molar-refractivity contribution in [3.05, 3.63) is 28.3 Å². The minimum Gasteiger partial charge on any atom is -0.379 e. The van der Waals surface area contributed by atoms with E-state index in [1.165, 1.54) is 19.1 Å². The Morgan fingerprint density at radius 3 is 2.71 bits per heavy atom. The van der Waals surface area contributed by atoms with Gasteiger partial charge in [-0.2, -0.15) is 0 Å². The molecule has 0 radical (unpaired) electrons. The van der Waals surface area contributed by atoms with Gasteiger partial charge in [0.2, 0.25) is 0 Å². The standard InChI is InChI=1S/C13H15Cl2NO4S/c1-8-11(5-9(14)6-12(8)21(15,18)19)13(17)16-10-3-2-4-20-7-10/h5-6,10H,2-4,7H2,1H3,(H,16,17). The van der Waals surface area contributed by atoms with E-state index in [-0.39, 0.29) is 33.0 Å². The maximum Gasteiger partial charge on any atom is 0.261 e. The van der Waals surface area contributed by atoms with Crippen LogP contribution >= 0.6 is 22.3 Å². The molecule has 1 heterocycles. The highest BCUT2D eigenvalue weighted by atomic mass is 35.7. The van der Waals surface area contributed by atoms with Gasteiger partial charge in [-0.25, -0.2) is 8.42 Å². The van der Waals surface area contributed by atoms with Gasteiger partial charge in [-0.1, -0.05) is 11.6 Å². The zero-order valence-corrected chi connectivity index (χ0v) is 13.7. The second kappa shape index (κ2) is 6.52. The van der Waals surface area contributed by atoms with E-state index in [1.54, 1.807) is 0 Å². The maximum absolute atomic E-state index is 12.3. The van der Waals surface area contributed by atoms with Crippen molar-refractivity contribution in [1.82, 2.24) is 5.32 Å². The predicted octanol–water partition coefficient (Wildman–Crippen LogP) is 2.48. The number of benzene rings is 1. The van der Waals surface area contributed by atoms with Crippen molar-refractivity contribution in [3.63, 3.8) is 0 Å². The molecule has 1 saturated heterocycles. The highest BCUT2D eigenvalue weighted by Crippen LogP contribution is 2.27. The third-order valence-electron chi connectivity index (χ3n) is 3.33. The number of carbonyl (C=O) groups excluding carboxylic acids is 1. The predicted molar refractivity (Wildman–Crippen MR) is 80.5 cm³/mol. The van der Waals surface area contributed by atoms with Crippen LogP contribution in [0, 0.1) is 6.92 Å². The first-order valence-electron chi connectivity index (χ1n) is 6.42. The quantitative estimate of drug-likeness (QED) is 0.849. The lowest BCUT2D eigenvalue weighted by Crippen LogP contribution is -2.40. The fourth-order valence-corrected chi connectivity index (χ4v) is 3.77. The maximum atomic E-state index is 12.3. The van der Waals surface area contributed by atoms with Crippen LogP contribution in [0.2, 0.25) is 5.02 Å². The van der Waals surface area contributed by atoms with Crippen LogP contribution in [-0.2, 0) is 13.8 Å². The minimum absolute atomic E-state index is 0.0827. The van der Waals surface area contributed by atoms with E-state index in [0.717, 1.165) is 12.8 Å².